The minimum Gasteiger partial charge on any atom is -0.334 e. The molecule has 0 N–H and O–H groups in total. The van der Waals surface area contributed by atoms with Gasteiger partial charge < -0.3 is 4.52 Å². The van der Waals surface area contributed by atoms with Crippen molar-refractivity contribution >= 4 is 11.6 Å². The van der Waals surface area contributed by atoms with E-state index in [9.17, 15) is 0 Å². The average molecular weight is 354 g/mol. The molecule has 0 radical (unpaired) electrons. The van der Waals surface area contributed by atoms with Gasteiger partial charge in [0.25, 0.3) is 5.89 Å². The molecule has 4 nitrogen and oxygen atoms in total. The first-order chi connectivity index (χ1) is 12.3. The number of hydrogen-bond donors (Lipinski definition) is 0. The number of benzene rings is 2. The molecule has 1 fully saturated rings. The summed E-state index contributed by atoms with van der Waals surface area (Å²) in [7, 11) is 0. The zero-order valence-corrected chi connectivity index (χ0v) is 14.7. The third-order valence-electron chi connectivity index (χ3n) is 4.58. The minimum absolute atomic E-state index is 0.537. The van der Waals surface area contributed by atoms with E-state index in [-0.39, 0.29) is 0 Å². The van der Waals surface area contributed by atoms with Crippen molar-refractivity contribution in [3.63, 3.8) is 0 Å². The van der Waals surface area contributed by atoms with Gasteiger partial charge in [-0.1, -0.05) is 35.3 Å². The van der Waals surface area contributed by atoms with Gasteiger partial charge in [-0.3, -0.25) is 4.90 Å². The Kier molecular flexibility index (Phi) is 4.81. The fraction of sp³-hybridized carbons (Fsp3) is 0.300. The Labute approximate surface area is 152 Å². The molecule has 25 heavy (non-hydrogen) atoms. The summed E-state index contributed by atoms with van der Waals surface area (Å²) >= 11 is 5.92. The summed E-state index contributed by atoms with van der Waals surface area (Å²) in [5, 5.41) is 4.76. The predicted molar refractivity (Wildman–Crippen MR) is 99.3 cm³/mol. The fourth-order valence-electron chi connectivity index (χ4n) is 3.19. The van der Waals surface area contributed by atoms with E-state index in [1.807, 2.05) is 24.3 Å². The van der Waals surface area contributed by atoms with E-state index in [2.05, 4.69) is 39.3 Å². The van der Waals surface area contributed by atoms with Gasteiger partial charge in [0.1, 0.15) is 0 Å². The molecule has 0 spiro atoms. The lowest BCUT2D eigenvalue weighted by Crippen LogP contribution is -2.28. The highest BCUT2D eigenvalue weighted by Gasteiger charge is 2.12. The largest absolute Gasteiger partial charge is 0.334 e. The Hall–Kier alpha value is -2.17. The molecular formula is C20H20ClN3O. The number of piperidine rings is 1. The maximum Gasteiger partial charge on any atom is 0.258 e. The molecule has 0 atom stereocenters. The van der Waals surface area contributed by atoms with Gasteiger partial charge in [0.05, 0.1) is 0 Å². The average Bonchev–Trinajstić information content (AvgIpc) is 3.14. The summed E-state index contributed by atoms with van der Waals surface area (Å²) < 4.78 is 5.42. The van der Waals surface area contributed by atoms with Crippen molar-refractivity contribution < 1.29 is 4.52 Å². The van der Waals surface area contributed by atoms with Crippen molar-refractivity contribution in [3.05, 3.63) is 59.1 Å². The maximum absolute atomic E-state index is 5.92. The van der Waals surface area contributed by atoms with Gasteiger partial charge in [-0.2, -0.15) is 4.98 Å². The van der Waals surface area contributed by atoms with Crippen LogP contribution in [0.25, 0.3) is 22.8 Å². The van der Waals surface area contributed by atoms with Crippen molar-refractivity contribution in [1.29, 1.82) is 0 Å². The lowest BCUT2D eigenvalue weighted by atomic mass is 10.1. The summed E-state index contributed by atoms with van der Waals surface area (Å²) in [6, 6.07) is 15.8. The Balaban J connectivity index is 1.47. The zero-order valence-electron chi connectivity index (χ0n) is 14.0. The van der Waals surface area contributed by atoms with Crippen LogP contribution in [0.4, 0.5) is 0 Å². The highest BCUT2D eigenvalue weighted by Crippen LogP contribution is 2.24. The van der Waals surface area contributed by atoms with E-state index in [0.717, 1.165) is 17.7 Å². The summed E-state index contributed by atoms with van der Waals surface area (Å²) in [6.07, 6.45) is 3.99. The van der Waals surface area contributed by atoms with Crippen LogP contribution in [-0.2, 0) is 6.54 Å². The number of hydrogen-bond acceptors (Lipinski definition) is 4. The molecule has 4 rings (SSSR count). The normalized spacial score (nSPS) is 15.4. The standard InChI is InChI=1S/C20H20ClN3O/c21-18-10-8-16(9-11-18)19-22-20(25-23-19)17-6-4-15(5-7-17)14-24-12-2-1-3-13-24/h4-11H,1-3,12-14H2. The molecule has 5 heteroatoms. The molecule has 3 aromatic rings. The van der Waals surface area contributed by atoms with Crippen LogP contribution < -0.4 is 0 Å². The Morgan fingerprint density at radius 2 is 1.56 bits per heavy atom. The second-order valence-corrected chi connectivity index (χ2v) is 6.90. The SMILES string of the molecule is Clc1ccc(-c2noc(-c3ccc(CN4CCCCC4)cc3)n2)cc1. The second-order valence-electron chi connectivity index (χ2n) is 6.46. The molecule has 1 aromatic heterocycles. The number of aromatic nitrogens is 2. The molecule has 0 aliphatic carbocycles. The highest BCUT2D eigenvalue weighted by atomic mass is 35.5. The smallest absolute Gasteiger partial charge is 0.258 e. The summed E-state index contributed by atoms with van der Waals surface area (Å²) in [5.74, 6) is 1.11. The molecule has 0 amide bonds. The molecule has 2 aromatic carbocycles. The van der Waals surface area contributed by atoms with E-state index in [1.165, 1.54) is 37.9 Å². The number of likely N-dealkylation sites (tertiary alicyclic amines) is 1. The van der Waals surface area contributed by atoms with Crippen LogP contribution in [-0.4, -0.2) is 28.1 Å². The predicted octanol–water partition coefficient (Wildman–Crippen LogP) is 5.04. The molecular weight excluding hydrogens is 334 g/mol. The van der Waals surface area contributed by atoms with Crippen LogP contribution in [0.3, 0.4) is 0 Å². The first-order valence-corrected chi connectivity index (χ1v) is 9.07. The monoisotopic (exact) mass is 353 g/mol. The molecule has 128 valence electrons. The summed E-state index contributed by atoms with van der Waals surface area (Å²) in [5.41, 5.74) is 3.15. The van der Waals surface area contributed by atoms with Crippen LogP contribution in [0.2, 0.25) is 5.02 Å². The number of rotatable bonds is 4. The van der Waals surface area contributed by atoms with Gasteiger partial charge in [0.15, 0.2) is 0 Å². The zero-order chi connectivity index (χ0) is 17.1. The van der Waals surface area contributed by atoms with Gasteiger partial charge >= 0.3 is 0 Å². The number of halogens is 1. The third-order valence-corrected chi connectivity index (χ3v) is 4.84. The Morgan fingerprint density at radius 1 is 0.880 bits per heavy atom. The minimum atomic E-state index is 0.537. The van der Waals surface area contributed by atoms with Crippen molar-refractivity contribution in [2.45, 2.75) is 25.8 Å². The van der Waals surface area contributed by atoms with Gasteiger partial charge in [0, 0.05) is 22.7 Å². The molecule has 1 aliphatic rings. The van der Waals surface area contributed by atoms with Crippen molar-refractivity contribution in [1.82, 2.24) is 15.0 Å². The first-order valence-electron chi connectivity index (χ1n) is 8.69. The van der Waals surface area contributed by atoms with Crippen molar-refractivity contribution in [2.24, 2.45) is 0 Å². The third kappa shape index (κ3) is 3.91. The van der Waals surface area contributed by atoms with Crippen LogP contribution in [0.15, 0.2) is 53.1 Å². The van der Waals surface area contributed by atoms with Gasteiger partial charge in [0.2, 0.25) is 5.82 Å². The molecule has 1 aliphatic heterocycles. The molecule has 0 unspecified atom stereocenters. The highest BCUT2D eigenvalue weighted by molar-refractivity contribution is 6.30. The van der Waals surface area contributed by atoms with Crippen molar-refractivity contribution in [2.75, 3.05) is 13.1 Å². The van der Waals surface area contributed by atoms with E-state index in [0.29, 0.717) is 16.7 Å². The maximum atomic E-state index is 5.92. The van der Waals surface area contributed by atoms with Crippen LogP contribution in [0.1, 0.15) is 24.8 Å². The summed E-state index contributed by atoms with van der Waals surface area (Å²) in [4.78, 5) is 7.01. The lowest BCUT2D eigenvalue weighted by molar-refractivity contribution is 0.221. The van der Waals surface area contributed by atoms with Crippen LogP contribution in [0.5, 0.6) is 0 Å². The van der Waals surface area contributed by atoms with E-state index < -0.39 is 0 Å². The van der Waals surface area contributed by atoms with Gasteiger partial charge in [-0.05, 0) is 67.9 Å². The van der Waals surface area contributed by atoms with Crippen LogP contribution in [0, 0.1) is 0 Å². The van der Waals surface area contributed by atoms with Gasteiger partial charge in [-0.25, -0.2) is 0 Å². The molecule has 2 heterocycles. The number of nitrogens with zero attached hydrogens (tertiary/aromatic N) is 3. The quantitative estimate of drug-likeness (QED) is 0.658. The fourth-order valence-corrected chi connectivity index (χ4v) is 3.31. The first kappa shape index (κ1) is 16.3. The van der Waals surface area contributed by atoms with Crippen molar-refractivity contribution in [3.8, 4) is 22.8 Å². The van der Waals surface area contributed by atoms with E-state index in [4.69, 9.17) is 16.1 Å². The second kappa shape index (κ2) is 7.38. The van der Waals surface area contributed by atoms with Crippen LogP contribution >= 0.6 is 11.6 Å². The topological polar surface area (TPSA) is 42.2 Å². The molecule has 0 saturated carbocycles. The Morgan fingerprint density at radius 3 is 2.28 bits per heavy atom. The Bertz CT molecular complexity index is 821. The lowest BCUT2D eigenvalue weighted by Gasteiger charge is -2.26. The summed E-state index contributed by atoms with van der Waals surface area (Å²) in [6.45, 7) is 3.42. The molecule has 1 saturated heterocycles. The van der Waals surface area contributed by atoms with E-state index in [1.54, 1.807) is 0 Å². The van der Waals surface area contributed by atoms with Gasteiger partial charge in [-0.15, -0.1) is 0 Å². The van der Waals surface area contributed by atoms with E-state index >= 15 is 0 Å². The molecule has 0 bridgehead atoms.